The molecule has 0 bridgehead atoms. The number of aromatic nitrogens is 2. The van der Waals surface area contributed by atoms with E-state index in [0.29, 0.717) is 11.8 Å². The van der Waals surface area contributed by atoms with Crippen molar-refractivity contribution >= 4 is 30.0 Å². The van der Waals surface area contributed by atoms with Gasteiger partial charge in [-0.3, -0.25) is 20.0 Å². The van der Waals surface area contributed by atoms with Crippen molar-refractivity contribution in [2.75, 3.05) is 12.1 Å². The smallest absolute Gasteiger partial charge is 0.351 e. The predicted octanol–water partition coefficient (Wildman–Crippen LogP) is 0.00470. The SMILES string of the molecule is O=Cc1ccc(C(=O)OC[C@H]2O[C@@H](n3ccc(NO)nc3=O)[C@H]3OC(=O)/C=C\C(=O)OC23)cc1. The van der Waals surface area contributed by atoms with Crippen molar-refractivity contribution in [2.24, 2.45) is 0 Å². The Labute approximate surface area is 190 Å². The number of anilines is 1. The van der Waals surface area contributed by atoms with Gasteiger partial charge in [0.1, 0.15) is 19.0 Å². The number of fused-ring (bicyclic) bond motifs is 1. The van der Waals surface area contributed by atoms with Crippen molar-refractivity contribution in [3.05, 3.63) is 70.3 Å². The predicted molar refractivity (Wildman–Crippen MR) is 109 cm³/mol. The van der Waals surface area contributed by atoms with Crippen LogP contribution in [0.4, 0.5) is 5.82 Å². The highest BCUT2D eigenvalue weighted by Gasteiger charge is 2.51. The van der Waals surface area contributed by atoms with Crippen LogP contribution in [0.1, 0.15) is 26.9 Å². The van der Waals surface area contributed by atoms with Gasteiger partial charge in [-0.15, -0.1) is 0 Å². The fourth-order valence-corrected chi connectivity index (χ4v) is 3.42. The molecule has 1 aromatic heterocycles. The summed E-state index contributed by atoms with van der Waals surface area (Å²) in [5.41, 5.74) is 1.40. The number of nitrogens with zero attached hydrogens (tertiary/aromatic N) is 2. The molecule has 13 heteroatoms. The molecule has 2 aromatic rings. The van der Waals surface area contributed by atoms with Gasteiger partial charge in [0.2, 0.25) is 0 Å². The van der Waals surface area contributed by atoms with Crippen LogP contribution in [0.5, 0.6) is 0 Å². The maximum absolute atomic E-state index is 12.4. The lowest BCUT2D eigenvalue weighted by atomic mass is 10.1. The fraction of sp³-hybridized carbons (Fsp3) is 0.238. The summed E-state index contributed by atoms with van der Waals surface area (Å²) in [6, 6.07) is 6.94. The summed E-state index contributed by atoms with van der Waals surface area (Å²) < 4.78 is 22.7. The monoisotopic (exact) mass is 471 g/mol. The normalized spacial score (nSPS) is 24.6. The molecule has 1 fully saturated rings. The third kappa shape index (κ3) is 4.69. The quantitative estimate of drug-likeness (QED) is 0.250. The average Bonchev–Trinajstić information content (AvgIpc) is 3.15. The number of hydrogen-bond donors (Lipinski definition) is 2. The van der Waals surface area contributed by atoms with Gasteiger partial charge in [0.15, 0.2) is 24.3 Å². The molecule has 1 aromatic carbocycles. The van der Waals surface area contributed by atoms with Crippen LogP contribution in [-0.2, 0) is 28.5 Å². The molecule has 0 amide bonds. The Bertz CT molecular complexity index is 1210. The highest BCUT2D eigenvalue weighted by molar-refractivity contribution is 5.92. The van der Waals surface area contributed by atoms with E-state index in [2.05, 4.69) is 4.98 Å². The largest absolute Gasteiger partial charge is 0.459 e. The number of esters is 3. The standard InChI is InChI=1S/C21H17N3O10/c25-9-11-1-3-12(4-2-11)20(28)31-10-13-17-18(34-16(27)6-5-15(26)33-17)19(32-13)24-8-7-14(23-30)22-21(24)29/h1-9,13,17-19,30H,10H2,(H,22,23,29)/b6-5-/t13-,17?,18+,19-/m1/s1. The van der Waals surface area contributed by atoms with Gasteiger partial charge < -0.3 is 18.9 Å². The number of benzene rings is 1. The van der Waals surface area contributed by atoms with Crippen LogP contribution < -0.4 is 11.2 Å². The second-order valence-electron chi connectivity index (χ2n) is 7.15. The summed E-state index contributed by atoms with van der Waals surface area (Å²) in [4.78, 5) is 63.3. The molecule has 0 saturated carbocycles. The van der Waals surface area contributed by atoms with Gasteiger partial charge in [0, 0.05) is 23.9 Å². The summed E-state index contributed by atoms with van der Waals surface area (Å²) in [5.74, 6) is -2.61. The zero-order valence-corrected chi connectivity index (χ0v) is 17.2. The molecule has 4 atom stereocenters. The molecule has 34 heavy (non-hydrogen) atoms. The molecule has 13 nitrogen and oxygen atoms in total. The van der Waals surface area contributed by atoms with E-state index in [1.165, 1.54) is 36.5 Å². The third-order valence-electron chi connectivity index (χ3n) is 5.03. The van der Waals surface area contributed by atoms with Crippen LogP contribution in [0.25, 0.3) is 0 Å². The first-order valence-corrected chi connectivity index (χ1v) is 9.86. The summed E-state index contributed by atoms with van der Waals surface area (Å²) >= 11 is 0. The topological polar surface area (TPSA) is 172 Å². The zero-order chi connectivity index (χ0) is 24.2. The molecule has 3 heterocycles. The molecule has 0 radical (unpaired) electrons. The van der Waals surface area contributed by atoms with Crippen molar-refractivity contribution in [2.45, 2.75) is 24.5 Å². The van der Waals surface area contributed by atoms with Gasteiger partial charge in [-0.25, -0.2) is 19.2 Å². The molecule has 1 unspecified atom stereocenters. The van der Waals surface area contributed by atoms with Gasteiger partial charge >= 0.3 is 23.6 Å². The second kappa shape index (κ2) is 9.64. The van der Waals surface area contributed by atoms with Crippen LogP contribution in [-0.4, -0.2) is 63.9 Å². The molecule has 176 valence electrons. The minimum atomic E-state index is -1.28. The Morgan fingerprint density at radius 1 is 1.09 bits per heavy atom. The Kier molecular flexibility index (Phi) is 6.47. The molecular weight excluding hydrogens is 454 g/mol. The Morgan fingerprint density at radius 2 is 1.76 bits per heavy atom. The molecule has 1 saturated heterocycles. The van der Waals surface area contributed by atoms with Gasteiger partial charge in [-0.1, -0.05) is 12.1 Å². The molecule has 2 N–H and O–H groups in total. The minimum absolute atomic E-state index is 0.133. The molecular formula is C21H17N3O10. The van der Waals surface area contributed by atoms with Crippen LogP contribution in [0.15, 0.2) is 53.5 Å². The van der Waals surface area contributed by atoms with E-state index < -0.39 is 54.7 Å². The summed E-state index contributed by atoms with van der Waals surface area (Å²) in [6.45, 7) is -0.418. The fourth-order valence-electron chi connectivity index (χ4n) is 3.42. The zero-order valence-electron chi connectivity index (χ0n) is 17.2. The van der Waals surface area contributed by atoms with E-state index in [0.717, 1.165) is 16.7 Å². The van der Waals surface area contributed by atoms with Gasteiger partial charge in [0.05, 0.1) is 5.56 Å². The number of carbonyl (C=O) groups is 4. The number of nitrogens with one attached hydrogen (secondary N) is 1. The van der Waals surface area contributed by atoms with Gasteiger partial charge in [-0.2, -0.15) is 4.98 Å². The second-order valence-corrected chi connectivity index (χ2v) is 7.15. The molecule has 2 aliphatic rings. The van der Waals surface area contributed by atoms with E-state index >= 15 is 0 Å². The molecule has 0 aliphatic carbocycles. The Morgan fingerprint density at radius 3 is 2.38 bits per heavy atom. The van der Waals surface area contributed by atoms with Crippen molar-refractivity contribution in [3.8, 4) is 0 Å². The highest BCUT2D eigenvalue weighted by atomic mass is 16.7. The first kappa shape index (κ1) is 22.8. The number of rotatable bonds is 6. The van der Waals surface area contributed by atoms with E-state index in [1.807, 2.05) is 0 Å². The summed E-state index contributed by atoms with van der Waals surface area (Å²) in [5, 5.41) is 8.93. The van der Waals surface area contributed by atoms with E-state index in [9.17, 15) is 24.0 Å². The van der Waals surface area contributed by atoms with E-state index in [-0.39, 0.29) is 11.4 Å². The number of hydrogen-bond acceptors (Lipinski definition) is 12. The van der Waals surface area contributed by atoms with E-state index in [4.69, 9.17) is 24.2 Å². The van der Waals surface area contributed by atoms with Crippen molar-refractivity contribution in [3.63, 3.8) is 0 Å². The highest BCUT2D eigenvalue weighted by Crippen LogP contribution is 2.34. The minimum Gasteiger partial charge on any atom is -0.459 e. The van der Waals surface area contributed by atoms with Gasteiger partial charge in [0.25, 0.3) is 0 Å². The third-order valence-corrected chi connectivity index (χ3v) is 5.03. The number of carbonyl (C=O) groups excluding carboxylic acids is 4. The number of ether oxygens (including phenoxy) is 4. The first-order chi connectivity index (χ1) is 16.4. The lowest BCUT2D eigenvalue weighted by Gasteiger charge is -2.25. The summed E-state index contributed by atoms with van der Waals surface area (Å²) in [6.07, 6.45) is -1.30. The average molecular weight is 471 g/mol. The molecule has 2 aliphatic heterocycles. The van der Waals surface area contributed by atoms with Crippen molar-refractivity contribution < 1.29 is 43.3 Å². The Balaban J connectivity index is 1.58. The maximum atomic E-state index is 12.4. The maximum Gasteiger partial charge on any atom is 0.351 e. The van der Waals surface area contributed by atoms with Crippen LogP contribution in [0.2, 0.25) is 0 Å². The van der Waals surface area contributed by atoms with Crippen molar-refractivity contribution in [1.29, 1.82) is 0 Å². The molecule has 4 rings (SSSR count). The lowest BCUT2D eigenvalue weighted by Crippen LogP contribution is -2.43. The first-order valence-electron chi connectivity index (χ1n) is 9.86. The van der Waals surface area contributed by atoms with Crippen molar-refractivity contribution in [1.82, 2.24) is 9.55 Å². The molecule has 0 spiro atoms. The van der Waals surface area contributed by atoms with Gasteiger partial charge in [-0.05, 0) is 18.2 Å². The Hall–Kier alpha value is -4.36. The summed E-state index contributed by atoms with van der Waals surface area (Å²) in [7, 11) is 0. The van der Waals surface area contributed by atoms with Crippen LogP contribution in [0.3, 0.4) is 0 Å². The van der Waals surface area contributed by atoms with E-state index in [1.54, 1.807) is 5.48 Å². The van der Waals surface area contributed by atoms with Crippen LogP contribution in [0, 0.1) is 0 Å². The number of aldehydes is 1. The van der Waals surface area contributed by atoms with Crippen LogP contribution >= 0.6 is 0 Å². The lowest BCUT2D eigenvalue weighted by molar-refractivity contribution is -0.164.